The molecule has 0 spiro atoms. The lowest BCUT2D eigenvalue weighted by molar-refractivity contribution is -0.383. The summed E-state index contributed by atoms with van der Waals surface area (Å²) in [6.45, 7) is 1.78. The lowest BCUT2D eigenvalue weighted by Gasteiger charge is -1.91. The average Bonchev–Trinajstić information content (AvgIpc) is 2.48. The molecule has 0 aliphatic heterocycles. The molecule has 0 N–H and O–H groups in total. The largest absolute Gasteiger partial charge is 0.468 e. The Hall–Kier alpha value is -1.84. The Morgan fingerprint density at radius 1 is 1.38 bits per heavy atom. The van der Waals surface area contributed by atoms with Crippen LogP contribution in [0.1, 0.15) is 5.76 Å². The molecule has 66 valence electrons. The lowest BCUT2D eigenvalue weighted by Crippen LogP contribution is -1.87. The van der Waals surface area contributed by atoms with E-state index in [2.05, 4.69) is 0 Å². The number of hydrogen-bond donors (Lipinski definition) is 0. The van der Waals surface area contributed by atoms with E-state index >= 15 is 0 Å². The maximum absolute atomic E-state index is 10.6. The van der Waals surface area contributed by atoms with Crippen molar-refractivity contribution in [2.75, 3.05) is 0 Å². The smallest absolute Gasteiger partial charge is 0.280 e. The molecular weight excluding hydrogens is 170 g/mol. The fourth-order valence-corrected chi connectivity index (χ4v) is 1.35. The van der Waals surface area contributed by atoms with E-state index in [4.69, 9.17) is 4.42 Å². The van der Waals surface area contributed by atoms with Gasteiger partial charge in [-0.25, -0.2) is 0 Å². The van der Waals surface area contributed by atoms with E-state index in [0.717, 1.165) is 5.39 Å². The van der Waals surface area contributed by atoms with E-state index in [1.165, 1.54) is 12.3 Å². The third kappa shape index (κ3) is 1.07. The summed E-state index contributed by atoms with van der Waals surface area (Å²) < 4.78 is 5.10. The summed E-state index contributed by atoms with van der Waals surface area (Å²) in [4.78, 5) is 10.2. The highest BCUT2D eigenvalue weighted by atomic mass is 16.6. The number of aryl methyl sites for hydroxylation is 1. The van der Waals surface area contributed by atoms with Crippen LogP contribution in [-0.2, 0) is 0 Å². The maximum Gasteiger partial charge on any atom is 0.280 e. The van der Waals surface area contributed by atoms with Gasteiger partial charge in [0.1, 0.15) is 12.0 Å². The van der Waals surface area contributed by atoms with Gasteiger partial charge in [0.2, 0.25) is 0 Å². The molecule has 0 aliphatic carbocycles. The van der Waals surface area contributed by atoms with E-state index in [1.807, 2.05) is 0 Å². The number of furan rings is 1. The number of fused-ring (bicyclic) bond motifs is 1. The van der Waals surface area contributed by atoms with Gasteiger partial charge >= 0.3 is 0 Å². The Labute approximate surface area is 73.9 Å². The number of rotatable bonds is 1. The van der Waals surface area contributed by atoms with Crippen LogP contribution in [0.25, 0.3) is 10.8 Å². The minimum atomic E-state index is -0.405. The quantitative estimate of drug-likeness (QED) is 0.497. The molecule has 0 saturated heterocycles. The molecule has 0 radical (unpaired) electrons. The van der Waals surface area contributed by atoms with Crippen molar-refractivity contribution in [3.05, 3.63) is 40.3 Å². The van der Waals surface area contributed by atoms with Crippen molar-refractivity contribution in [3.63, 3.8) is 0 Å². The second kappa shape index (κ2) is 2.58. The van der Waals surface area contributed by atoms with Crippen molar-refractivity contribution >= 4 is 16.5 Å². The fraction of sp³-hybridized carbons (Fsp3) is 0.111. The summed E-state index contributed by atoms with van der Waals surface area (Å²) in [5, 5.41) is 11.9. The van der Waals surface area contributed by atoms with Gasteiger partial charge in [0.05, 0.1) is 10.3 Å². The number of nitro groups is 1. The highest BCUT2D eigenvalue weighted by Gasteiger charge is 2.13. The minimum Gasteiger partial charge on any atom is -0.468 e. The van der Waals surface area contributed by atoms with Crippen LogP contribution in [0.5, 0.6) is 0 Å². The van der Waals surface area contributed by atoms with Crippen molar-refractivity contribution < 1.29 is 9.34 Å². The van der Waals surface area contributed by atoms with Crippen LogP contribution in [0.2, 0.25) is 0 Å². The van der Waals surface area contributed by atoms with E-state index in [0.29, 0.717) is 11.1 Å². The van der Waals surface area contributed by atoms with Crippen LogP contribution < -0.4 is 0 Å². The molecule has 2 rings (SSSR count). The van der Waals surface area contributed by atoms with E-state index in [-0.39, 0.29) is 5.69 Å². The second-order valence-electron chi connectivity index (χ2n) is 2.79. The number of benzene rings is 1. The van der Waals surface area contributed by atoms with Crippen LogP contribution in [0, 0.1) is 17.0 Å². The highest BCUT2D eigenvalue weighted by Crippen LogP contribution is 2.28. The Kier molecular flexibility index (Phi) is 1.55. The lowest BCUT2D eigenvalue weighted by atomic mass is 10.1. The van der Waals surface area contributed by atoms with Crippen LogP contribution in [0.15, 0.2) is 28.9 Å². The van der Waals surface area contributed by atoms with Crippen molar-refractivity contribution in [2.24, 2.45) is 0 Å². The van der Waals surface area contributed by atoms with E-state index < -0.39 is 4.92 Å². The molecule has 1 heterocycles. The van der Waals surface area contributed by atoms with Gasteiger partial charge in [-0.2, -0.15) is 0 Å². The van der Waals surface area contributed by atoms with E-state index in [9.17, 15) is 10.1 Å². The molecular formula is C9H7NO3. The molecule has 4 nitrogen and oxygen atoms in total. The zero-order valence-electron chi connectivity index (χ0n) is 6.98. The molecule has 0 atom stereocenters. The third-order valence-electron chi connectivity index (χ3n) is 2.01. The molecule has 0 bridgehead atoms. The van der Waals surface area contributed by atoms with Gasteiger partial charge < -0.3 is 4.42 Å². The Balaban J connectivity index is 2.84. The first-order chi connectivity index (χ1) is 6.20. The van der Waals surface area contributed by atoms with Crippen LogP contribution >= 0.6 is 0 Å². The first kappa shape index (κ1) is 7.79. The molecule has 0 saturated carbocycles. The molecule has 0 fully saturated rings. The van der Waals surface area contributed by atoms with Gasteiger partial charge in [-0.15, -0.1) is 0 Å². The van der Waals surface area contributed by atoms with Gasteiger partial charge in [0.25, 0.3) is 5.69 Å². The normalized spacial score (nSPS) is 10.5. The van der Waals surface area contributed by atoms with Gasteiger partial charge in [0.15, 0.2) is 0 Å². The molecule has 13 heavy (non-hydrogen) atoms. The van der Waals surface area contributed by atoms with Crippen molar-refractivity contribution in [1.82, 2.24) is 0 Å². The SMILES string of the molecule is Cc1occ2c([N+](=O)[O-])cccc12. The number of hydrogen-bond acceptors (Lipinski definition) is 3. The van der Waals surface area contributed by atoms with Crippen molar-refractivity contribution in [1.29, 1.82) is 0 Å². The summed E-state index contributed by atoms with van der Waals surface area (Å²) >= 11 is 0. The van der Waals surface area contributed by atoms with Crippen LogP contribution in [0.4, 0.5) is 5.69 Å². The van der Waals surface area contributed by atoms with Gasteiger partial charge in [-0.05, 0) is 6.92 Å². The summed E-state index contributed by atoms with van der Waals surface area (Å²) in [7, 11) is 0. The van der Waals surface area contributed by atoms with Gasteiger partial charge in [0, 0.05) is 11.5 Å². The van der Waals surface area contributed by atoms with Crippen LogP contribution in [0.3, 0.4) is 0 Å². The van der Waals surface area contributed by atoms with Gasteiger partial charge in [-0.1, -0.05) is 12.1 Å². The number of nitrogens with zero attached hydrogens (tertiary/aromatic N) is 1. The molecule has 0 amide bonds. The summed E-state index contributed by atoms with van der Waals surface area (Å²) in [6.07, 6.45) is 1.42. The molecule has 1 aromatic heterocycles. The summed E-state index contributed by atoms with van der Waals surface area (Å²) in [6, 6.07) is 4.93. The fourth-order valence-electron chi connectivity index (χ4n) is 1.35. The predicted molar refractivity (Wildman–Crippen MR) is 47.6 cm³/mol. The molecule has 0 aliphatic rings. The van der Waals surface area contributed by atoms with Crippen molar-refractivity contribution in [2.45, 2.75) is 6.92 Å². The third-order valence-corrected chi connectivity index (χ3v) is 2.01. The van der Waals surface area contributed by atoms with Crippen LogP contribution in [-0.4, -0.2) is 4.92 Å². The first-order valence-electron chi connectivity index (χ1n) is 3.81. The molecule has 0 unspecified atom stereocenters. The molecule has 4 heteroatoms. The molecule has 2 aromatic rings. The first-order valence-corrected chi connectivity index (χ1v) is 3.81. The highest BCUT2D eigenvalue weighted by molar-refractivity contribution is 5.91. The molecule has 1 aromatic carbocycles. The Morgan fingerprint density at radius 2 is 2.15 bits per heavy atom. The minimum absolute atomic E-state index is 0.0920. The van der Waals surface area contributed by atoms with Crippen molar-refractivity contribution in [3.8, 4) is 0 Å². The predicted octanol–water partition coefficient (Wildman–Crippen LogP) is 2.65. The maximum atomic E-state index is 10.6. The topological polar surface area (TPSA) is 56.3 Å². The average molecular weight is 177 g/mol. The monoisotopic (exact) mass is 177 g/mol. The zero-order valence-corrected chi connectivity index (χ0v) is 6.98. The number of non-ortho nitro benzene ring substituents is 1. The number of nitro benzene ring substituents is 1. The zero-order chi connectivity index (χ0) is 9.42. The van der Waals surface area contributed by atoms with Gasteiger partial charge in [-0.3, -0.25) is 10.1 Å². The Bertz CT molecular complexity index is 473. The standard InChI is InChI=1S/C9H7NO3/c1-6-7-3-2-4-9(10(11)12)8(7)5-13-6/h2-5H,1H3. The summed E-state index contributed by atoms with van der Waals surface area (Å²) in [5.74, 6) is 0.707. The summed E-state index contributed by atoms with van der Waals surface area (Å²) in [5.41, 5.74) is 0.0920. The second-order valence-corrected chi connectivity index (χ2v) is 2.79. The Morgan fingerprint density at radius 3 is 2.85 bits per heavy atom. The van der Waals surface area contributed by atoms with E-state index in [1.54, 1.807) is 19.1 Å².